The van der Waals surface area contributed by atoms with Crippen LogP contribution in [0.25, 0.3) is 10.9 Å². The molecule has 0 radical (unpaired) electrons. The Hall–Kier alpha value is -1.18. The smallest absolute Gasteiger partial charge is 0.131 e. The third-order valence-corrected chi connectivity index (χ3v) is 6.97. The molecule has 0 unspecified atom stereocenters. The lowest BCUT2D eigenvalue weighted by atomic mass is 9.71. The molecule has 5 rings (SSSR count). The van der Waals surface area contributed by atoms with Crippen LogP contribution in [0, 0.1) is 11.8 Å². The molecule has 0 aliphatic carbocycles. The zero-order valence-corrected chi connectivity index (χ0v) is 18.3. The van der Waals surface area contributed by atoms with Crippen LogP contribution in [0.3, 0.4) is 0 Å². The van der Waals surface area contributed by atoms with Crippen molar-refractivity contribution in [1.82, 2.24) is 4.98 Å². The van der Waals surface area contributed by atoms with Crippen LogP contribution in [0.1, 0.15) is 31.4 Å². The number of aliphatic hydroxyl groups excluding tert-OH is 1. The van der Waals surface area contributed by atoms with Gasteiger partial charge in [-0.05, 0) is 42.7 Å². The summed E-state index contributed by atoms with van der Waals surface area (Å²) in [6, 6.07) is 8.11. The average molecular weight is 480 g/mol. The van der Waals surface area contributed by atoms with Crippen molar-refractivity contribution in [3.63, 3.8) is 0 Å². The second kappa shape index (κ2) is 8.05. The van der Waals surface area contributed by atoms with Crippen LogP contribution in [-0.4, -0.2) is 47.4 Å². The molecule has 4 nitrogen and oxygen atoms in total. The standard InChI is InChI=1S/C22H29N2O2.HI/c1-4-15-14-24(5-2)11-9-16(15)12-21(24)22(25)18-8-10-23-20-7-6-17(26-3)13-19(18)20;/h4,6-8,10,13,15-16,21-22,25H,1,5,9,11-12,14H2,2-3H3;1H/q+1;/p-1/t15-,16-,21+,22-,24-;/m0./s1. The molecular weight excluding hydrogens is 451 g/mol. The summed E-state index contributed by atoms with van der Waals surface area (Å²) in [5.41, 5.74) is 1.89. The van der Waals surface area contributed by atoms with E-state index in [0.29, 0.717) is 11.8 Å². The first-order chi connectivity index (χ1) is 12.6. The second-order valence-electron chi connectivity index (χ2n) is 7.92. The molecule has 1 N–H and O–H groups in total. The van der Waals surface area contributed by atoms with Gasteiger partial charge in [-0.2, -0.15) is 0 Å². The number of fused-ring (bicyclic) bond motifs is 4. The van der Waals surface area contributed by atoms with Crippen LogP contribution in [0.2, 0.25) is 0 Å². The summed E-state index contributed by atoms with van der Waals surface area (Å²) in [6.45, 7) is 9.66. The van der Waals surface area contributed by atoms with E-state index in [1.807, 2.05) is 30.5 Å². The molecule has 2 aromatic rings. The number of quaternary nitrogens is 1. The number of aromatic nitrogens is 1. The first-order valence-corrected chi connectivity index (χ1v) is 9.71. The molecule has 2 bridgehead atoms. The van der Waals surface area contributed by atoms with Gasteiger partial charge in [0.25, 0.3) is 0 Å². The van der Waals surface area contributed by atoms with Gasteiger partial charge in [-0.15, -0.1) is 6.58 Å². The van der Waals surface area contributed by atoms with Gasteiger partial charge in [0.05, 0.1) is 32.3 Å². The van der Waals surface area contributed by atoms with E-state index in [2.05, 4.69) is 24.6 Å². The number of aliphatic hydroxyl groups is 1. The molecule has 0 saturated carbocycles. The maximum atomic E-state index is 11.5. The Balaban J connectivity index is 0.00000210. The van der Waals surface area contributed by atoms with Crippen LogP contribution >= 0.6 is 0 Å². The molecule has 5 heteroatoms. The Morgan fingerprint density at radius 3 is 2.93 bits per heavy atom. The molecule has 3 fully saturated rings. The number of hydrogen-bond acceptors (Lipinski definition) is 3. The number of piperidine rings is 3. The fraction of sp³-hybridized carbons (Fsp3) is 0.500. The number of nitrogens with zero attached hydrogens (tertiary/aromatic N) is 2. The summed E-state index contributed by atoms with van der Waals surface area (Å²) < 4.78 is 6.40. The first-order valence-electron chi connectivity index (χ1n) is 9.71. The molecule has 1 aromatic heterocycles. The zero-order chi connectivity index (χ0) is 18.3. The van der Waals surface area contributed by atoms with Gasteiger partial charge in [-0.1, -0.05) is 6.08 Å². The van der Waals surface area contributed by atoms with Crippen molar-refractivity contribution in [3.05, 3.63) is 48.7 Å². The minimum atomic E-state index is -0.485. The van der Waals surface area contributed by atoms with Gasteiger partial charge in [-0.25, -0.2) is 0 Å². The van der Waals surface area contributed by atoms with E-state index in [0.717, 1.165) is 46.2 Å². The van der Waals surface area contributed by atoms with E-state index in [1.54, 1.807) is 7.11 Å². The van der Waals surface area contributed by atoms with Crippen molar-refractivity contribution in [2.75, 3.05) is 26.7 Å². The maximum absolute atomic E-state index is 11.5. The predicted octanol–water partition coefficient (Wildman–Crippen LogP) is 0.712. The Labute approximate surface area is 178 Å². The Bertz CT molecular complexity index is 827. The highest BCUT2D eigenvalue weighted by Crippen LogP contribution is 2.46. The normalized spacial score (nSPS) is 30.6. The maximum Gasteiger partial charge on any atom is 0.131 e. The van der Waals surface area contributed by atoms with Crippen molar-refractivity contribution < 1.29 is 38.3 Å². The number of ether oxygens (including phenoxy) is 1. The van der Waals surface area contributed by atoms with E-state index in [9.17, 15) is 5.11 Å². The fourth-order valence-corrected chi connectivity index (χ4v) is 5.38. The van der Waals surface area contributed by atoms with E-state index >= 15 is 0 Å². The molecule has 1 aromatic carbocycles. The summed E-state index contributed by atoms with van der Waals surface area (Å²) in [5.74, 6) is 2.04. The van der Waals surface area contributed by atoms with Crippen molar-refractivity contribution >= 4 is 10.9 Å². The highest BCUT2D eigenvalue weighted by Gasteiger charge is 2.53. The highest BCUT2D eigenvalue weighted by atomic mass is 127. The molecule has 3 aliphatic heterocycles. The largest absolute Gasteiger partial charge is 1.00 e. The van der Waals surface area contributed by atoms with Crippen LogP contribution in [0.5, 0.6) is 5.75 Å². The predicted molar refractivity (Wildman–Crippen MR) is 104 cm³/mol. The Morgan fingerprint density at radius 1 is 1.41 bits per heavy atom. The van der Waals surface area contributed by atoms with Gasteiger partial charge in [0.15, 0.2) is 0 Å². The molecule has 3 saturated heterocycles. The number of pyridine rings is 1. The quantitative estimate of drug-likeness (QED) is 0.390. The Kier molecular flexibility index (Phi) is 6.13. The van der Waals surface area contributed by atoms with Gasteiger partial charge >= 0.3 is 0 Å². The van der Waals surface area contributed by atoms with E-state index in [1.165, 1.54) is 13.0 Å². The molecule has 4 heterocycles. The average Bonchev–Trinajstić information content (AvgIpc) is 2.72. The fourth-order valence-electron chi connectivity index (χ4n) is 5.38. The molecule has 5 atom stereocenters. The molecule has 146 valence electrons. The Morgan fingerprint density at radius 2 is 2.22 bits per heavy atom. The number of benzene rings is 1. The zero-order valence-electron chi connectivity index (χ0n) is 16.1. The van der Waals surface area contributed by atoms with Crippen LogP contribution < -0.4 is 28.7 Å². The summed E-state index contributed by atoms with van der Waals surface area (Å²) in [6.07, 6.45) is 5.79. The monoisotopic (exact) mass is 480 g/mol. The van der Waals surface area contributed by atoms with E-state index in [4.69, 9.17) is 4.74 Å². The van der Waals surface area contributed by atoms with Gasteiger partial charge in [-0.3, -0.25) is 4.98 Å². The lowest BCUT2D eigenvalue weighted by Crippen LogP contribution is -3.00. The van der Waals surface area contributed by atoms with Gasteiger partial charge < -0.3 is 38.3 Å². The van der Waals surface area contributed by atoms with Gasteiger partial charge in [0.1, 0.15) is 17.9 Å². The number of methoxy groups -OCH3 is 1. The van der Waals surface area contributed by atoms with Gasteiger partial charge in [0.2, 0.25) is 0 Å². The molecule has 0 amide bonds. The minimum Gasteiger partial charge on any atom is -1.00 e. The van der Waals surface area contributed by atoms with Crippen LogP contribution in [0.15, 0.2) is 43.1 Å². The highest BCUT2D eigenvalue weighted by molar-refractivity contribution is 5.83. The summed E-state index contributed by atoms with van der Waals surface area (Å²) >= 11 is 0. The second-order valence-corrected chi connectivity index (χ2v) is 7.92. The third kappa shape index (κ3) is 3.38. The van der Waals surface area contributed by atoms with Crippen molar-refractivity contribution in [3.8, 4) is 5.75 Å². The lowest BCUT2D eigenvalue weighted by Gasteiger charge is -2.57. The summed E-state index contributed by atoms with van der Waals surface area (Å²) in [4.78, 5) is 4.47. The van der Waals surface area contributed by atoms with Crippen molar-refractivity contribution in [2.24, 2.45) is 11.8 Å². The molecule has 27 heavy (non-hydrogen) atoms. The number of likely N-dealkylation sites (N-methyl/N-ethyl adjacent to an activating group) is 1. The molecule has 0 spiro atoms. The van der Waals surface area contributed by atoms with Crippen LogP contribution in [0.4, 0.5) is 0 Å². The number of halogens is 1. The first kappa shape index (κ1) is 20.6. The molecular formula is C22H29IN2O2. The van der Waals surface area contributed by atoms with Gasteiger partial charge in [0, 0.05) is 30.3 Å². The summed E-state index contributed by atoms with van der Waals surface area (Å²) in [7, 11) is 1.67. The van der Waals surface area contributed by atoms with E-state index < -0.39 is 6.10 Å². The van der Waals surface area contributed by atoms with E-state index in [-0.39, 0.29) is 30.0 Å². The topological polar surface area (TPSA) is 42.4 Å². The minimum absolute atomic E-state index is 0. The molecule has 3 aliphatic rings. The lowest BCUT2D eigenvalue weighted by molar-refractivity contribution is -0.971. The SMILES string of the molecule is C=C[C@H]1C[N@+]2(CC)CC[C@H]1C[C@@H]2[C@@H](O)c1ccnc2ccc(OC)cc12.[I-]. The number of rotatable bonds is 5. The summed E-state index contributed by atoms with van der Waals surface area (Å²) in [5, 5.41) is 12.5. The van der Waals surface area contributed by atoms with Crippen molar-refractivity contribution in [1.29, 1.82) is 0 Å². The van der Waals surface area contributed by atoms with Crippen molar-refractivity contribution in [2.45, 2.75) is 31.9 Å². The number of hydrogen-bond donors (Lipinski definition) is 1. The van der Waals surface area contributed by atoms with Crippen LogP contribution in [-0.2, 0) is 0 Å². The third-order valence-electron chi connectivity index (χ3n) is 6.97.